The van der Waals surface area contributed by atoms with Crippen LogP contribution >= 0.6 is 23.4 Å². The number of hydrogen-bond donors (Lipinski definition) is 0. The summed E-state index contributed by atoms with van der Waals surface area (Å²) >= 11 is 7.15. The quantitative estimate of drug-likeness (QED) is 0.284. The van der Waals surface area contributed by atoms with Crippen molar-refractivity contribution in [2.24, 2.45) is 0 Å². The number of aromatic nitrogens is 4. The maximum atomic E-state index is 13.1. The van der Waals surface area contributed by atoms with Crippen molar-refractivity contribution in [2.45, 2.75) is 5.16 Å². The highest BCUT2D eigenvalue weighted by atomic mass is 35.5. The molecule has 138 valence electrons. The van der Waals surface area contributed by atoms with Crippen molar-refractivity contribution in [2.75, 3.05) is 5.75 Å². The summed E-state index contributed by atoms with van der Waals surface area (Å²) in [5.74, 6) is -0.0446. The smallest absolute Gasteiger partial charge is 0.285 e. The highest BCUT2D eigenvalue weighted by Gasteiger charge is 2.16. The molecule has 0 aliphatic carbocycles. The lowest BCUT2D eigenvalue weighted by atomic mass is 10.3. The van der Waals surface area contributed by atoms with Crippen molar-refractivity contribution in [3.63, 3.8) is 0 Å². The Kier molecular flexibility index (Phi) is 5.18. The summed E-state index contributed by atoms with van der Waals surface area (Å²) in [5, 5.41) is 0.959. The van der Waals surface area contributed by atoms with E-state index in [1.54, 1.807) is 67.0 Å². The van der Waals surface area contributed by atoms with E-state index in [0.29, 0.717) is 27.1 Å². The number of carbonyl (C=O) groups is 1. The molecule has 0 unspecified atom stereocenters. The fourth-order valence-electron chi connectivity index (χ4n) is 2.64. The summed E-state index contributed by atoms with van der Waals surface area (Å²) in [4.78, 5) is 38.3. The van der Waals surface area contributed by atoms with Crippen LogP contribution in [-0.2, 0) is 0 Å². The number of rotatable bonds is 5. The van der Waals surface area contributed by atoms with Gasteiger partial charge in [-0.05, 0) is 48.5 Å². The summed E-state index contributed by atoms with van der Waals surface area (Å²) in [6.45, 7) is 0. The van der Waals surface area contributed by atoms with Crippen molar-refractivity contribution in [3.05, 3.63) is 88.1 Å². The number of nitrogens with zero attached hydrogens (tertiary/aromatic N) is 4. The Balaban J connectivity index is 1.77. The van der Waals surface area contributed by atoms with E-state index >= 15 is 0 Å². The van der Waals surface area contributed by atoms with E-state index < -0.39 is 0 Å². The fraction of sp³-hybridized carbons (Fsp3) is 0.0500. The van der Waals surface area contributed by atoms with Crippen LogP contribution in [-0.4, -0.2) is 31.1 Å². The van der Waals surface area contributed by atoms with E-state index in [4.69, 9.17) is 11.6 Å². The SMILES string of the molecule is O=C(CSc1nc2cccnc2c(=O)n1-c1ccc(Cl)cc1)c1ccccn1. The van der Waals surface area contributed by atoms with E-state index in [9.17, 15) is 9.59 Å². The van der Waals surface area contributed by atoms with E-state index in [0.717, 1.165) is 0 Å². The molecular weight excluding hydrogens is 396 g/mol. The minimum Gasteiger partial charge on any atom is -0.291 e. The van der Waals surface area contributed by atoms with Gasteiger partial charge in [-0.1, -0.05) is 29.4 Å². The van der Waals surface area contributed by atoms with Gasteiger partial charge in [-0.25, -0.2) is 9.97 Å². The fourth-order valence-corrected chi connectivity index (χ4v) is 3.66. The van der Waals surface area contributed by atoms with Crippen molar-refractivity contribution < 1.29 is 4.79 Å². The summed E-state index contributed by atoms with van der Waals surface area (Å²) in [7, 11) is 0. The van der Waals surface area contributed by atoms with Gasteiger partial charge in [-0.15, -0.1) is 0 Å². The van der Waals surface area contributed by atoms with Crippen LogP contribution in [0.4, 0.5) is 0 Å². The van der Waals surface area contributed by atoms with Crippen molar-refractivity contribution in [1.82, 2.24) is 19.5 Å². The van der Waals surface area contributed by atoms with Gasteiger partial charge in [-0.3, -0.25) is 19.1 Å². The summed E-state index contributed by atoms with van der Waals surface area (Å²) in [6.07, 6.45) is 3.12. The Hall–Kier alpha value is -3.03. The van der Waals surface area contributed by atoms with Gasteiger partial charge in [0.15, 0.2) is 16.5 Å². The lowest BCUT2D eigenvalue weighted by molar-refractivity contribution is 0.101. The third-order valence-corrected chi connectivity index (χ3v) is 5.16. The van der Waals surface area contributed by atoms with Crippen LogP contribution in [0.3, 0.4) is 0 Å². The second kappa shape index (κ2) is 7.92. The second-order valence-corrected chi connectivity index (χ2v) is 7.19. The first-order valence-electron chi connectivity index (χ1n) is 8.34. The van der Waals surface area contributed by atoms with Crippen LogP contribution in [0.5, 0.6) is 0 Å². The second-order valence-electron chi connectivity index (χ2n) is 5.81. The molecule has 0 aliphatic rings. The van der Waals surface area contributed by atoms with Gasteiger partial charge in [0.25, 0.3) is 5.56 Å². The predicted octanol–water partition coefficient (Wildman–Crippen LogP) is 3.80. The topological polar surface area (TPSA) is 77.7 Å². The molecule has 0 saturated carbocycles. The van der Waals surface area contributed by atoms with E-state index in [1.807, 2.05) is 0 Å². The lowest BCUT2D eigenvalue weighted by Crippen LogP contribution is -2.23. The molecule has 0 radical (unpaired) electrons. The molecule has 0 N–H and O–H groups in total. The number of thioether (sulfide) groups is 1. The number of halogens is 1. The van der Waals surface area contributed by atoms with Crippen LogP contribution in [0, 0.1) is 0 Å². The Labute approximate surface area is 169 Å². The summed E-state index contributed by atoms with van der Waals surface area (Å²) in [5.41, 5.74) is 1.41. The molecule has 3 heterocycles. The third-order valence-electron chi connectivity index (χ3n) is 3.97. The predicted molar refractivity (Wildman–Crippen MR) is 109 cm³/mol. The summed E-state index contributed by atoms with van der Waals surface area (Å²) in [6, 6.07) is 15.4. The molecule has 0 amide bonds. The number of ketones is 1. The number of fused-ring (bicyclic) bond motifs is 1. The van der Waals surface area contributed by atoms with Gasteiger partial charge >= 0.3 is 0 Å². The zero-order valence-corrected chi connectivity index (χ0v) is 16.0. The number of Topliss-reactive ketones (excluding diaryl/α,β-unsaturated/α-hetero) is 1. The molecule has 0 aliphatic heterocycles. The van der Waals surface area contributed by atoms with E-state index in [-0.39, 0.29) is 22.6 Å². The van der Waals surface area contributed by atoms with Gasteiger partial charge in [-0.2, -0.15) is 0 Å². The van der Waals surface area contributed by atoms with Crippen LogP contribution < -0.4 is 5.56 Å². The van der Waals surface area contributed by atoms with Crippen molar-refractivity contribution >= 4 is 40.2 Å². The van der Waals surface area contributed by atoms with Gasteiger partial charge < -0.3 is 0 Å². The highest BCUT2D eigenvalue weighted by molar-refractivity contribution is 7.99. The number of carbonyl (C=O) groups excluding carboxylic acids is 1. The lowest BCUT2D eigenvalue weighted by Gasteiger charge is -2.12. The Morgan fingerprint density at radius 2 is 1.79 bits per heavy atom. The minimum atomic E-state index is -0.305. The number of pyridine rings is 2. The molecule has 1 aromatic carbocycles. The third kappa shape index (κ3) is 3.67. The molecular formula is C20H13ClN4O2S. The molecule has 6 nitrogen and oxygen atoms in total. The molecule has 4 aromatic rings. The van der Waals surface area contributed by atoms with Crippen molar-refractivity contribution in [1.29, 1.82) is 0 Å². The molecule has 0 spiro atoms. The van der Waals surface area contributed by atoms with Crippen LogP contribution in [0.25, 0.3) is 16.7 Å². The molecule has 0 saturated heterocycles. The van der Waals surface area contributed by atoms with Gasteiger partial charge in [0.05, 0.1) is 17.0 Å². The standard InChI is InChI=1S/C20H13ClN4O2S/c21-13-6-8-14(9-7-13)25-19(27)18-16(5-3-11-23-18)24-20(25)28-12-17(26)15-4-1-2-10-22-15/h1-11H,12H2. The van der Waals surface area contributed by atoms with E-state index in [1.165, 1.54) is 16.3 Å². The van der Waals surface area contributed by atoms with E-state index in [2.05, 4.69) is 15.0 Å². The van der Waals surface area contributed by atoms with Gasteiger partial charge in [0.2, 0.25) is 0 Å². The molecule has 3 aromatic heterocycles. The summed E-state index contributed by atoms with van der Waals surface area (Å²) < 4.78 is 1.45. The molecule has 0 atom stereocenters. The molecule has 0 bridgehead atoms. The average Bonchev–Trinajstić information content (AvgIpc) is 2.74. The Bertz CT molecular complexity index is 1210. The molecule has 28 heavy (non-hydrogen) atoms. The first kappa shape index (κ1) is 18.3. The monoisotopic (exact) mass is 408 g/mol. The Morgan fingerprint density at radius 1 is 1.00 bits per heavy atom. The van der Waals surface area contributed by atoms with Gasteiger partial charge in [0.1, 0.15) is 5.69 Å². The van der Waals surface area contributed by atoms with Crippen LogP contribution in [0.2, 0.25) is 5.02 Å². The molecule has 0 fully saturated rings. The first-order valence-corrected chi connectivity index (χ1v) is 9.70. The molecule has 4 rings (SSSR count). The normalized spacial score (nSPS) is 10.9. The maximum absolute atomic E-state index is 13.1. The Morgan fingerprint density at radius 3 is 2.54 bits per heavy atom. The van der Waals surface area contributed by atoms with Crippen LogP contribution in [0.1, 0.15) is 10.5 Å². The highest BCUT2D eigenvalue weighted by Crippen LogP contribution is 2.22. The minimum absolute atomic E-state index is 0.100. The maximum Gasteiger partial charge on any atom is 0.285 e. The number of benzene rings is 1. The zero-order chi connectivity index (χ0) is 19.5. The first-order chi connectivity index (χ1) is 13.6. The van der Waals surface area contributed by atoms with Gasteiger partial charge in [0, 0.05) is 17.4 Å². The number of hydrogen-bond acceptors (Lipinski definition) is 6. The largest absolute Gasteiger partial charge is 0.291 e. The van der Waals surface area contributed by atoms with Crippen molar-refractivity contribution in [3.8, 4) is 5.69 Å². The molecule has 8 heteroatoms. The average molecular weight is 409 g/mol. The van der Waals surface area contributed by atoms with Crippen LogP contribution in [0.15, 0.2) is 76.9 Å². The zero-order valence-electron chi connectivity index (χ0n) is 14.4.